The summed E-state index contributed by atoms with van der Waals surface area (Å²) in [5, 5.41) is 5.95. The largest absolute Gasteiger partial charge is 0.294 e. The van der Waals surface area contributed by atoms with Crippen molar-refractivity contribution in [3.8, 4) is 0 Å². The first-order valence-electron chi connectivity index (χ1n) is 6.08. The lowest BCUT2D eigenvalue weighted by molar-refractivity contribution is 0.271. The number of hydrazone groups is 1. The molecule has 3 N–H and O–H groups in total. The Morgan fingerprint density at radius 1 is 1.23 bits per heavy atom. The van der Waals surface area contributed by atoms with E-state index in [2.05, 4.69) is 22.2 Å². The Morgan fingerprint density at radius 2 is 1.95 bits per heavy atom. The van der Waals surface area contributed by atoms with E-state index in [9.17, 15) is 12.8 Å². The molecular formula is C13H10FN4O3S. The maximum Gasteiger partial charge on any atom is 0.294 e. The SMILES string of the molecule is O=S(=O)(O)c1ccc2cc(NN3N=C(F)C=[C]N3)ccc2c1. The fourth-order valence-corrected chi connectivity index (χ4v) is 2.45. The number of hydrogen-bond donors (Lipinski definition) is 3. The molecule has 2 aromatic rings. The number of benzene rings is 2. The van der Waals surface area contributed by atoms with Crippen LogP contribution in [-0.2, 0) is 10.1 Å². The lowest BCUT2D eigenvalue weighted by Gasteiger charge is -2.21. The van der Waals surface area contributed by atoms with E-state index in [-0.39, 0.29) is 4.90 Å². The molecule has 0 unspecified atom stereocenters. The second-order valence-corrected chi connectivity index (χ2v) is 5.87. The highest BCUT2D eigenvalue weighted by molar-refractivity contribution is 7.85. The molecule has 0 amide bonds. The fraction of sp³-hybridized carbons (Fsp3) is 0. The Hall–Kier alpha value is -2.65. The first-order valence-corrected chi connectivity index (χ1v) is 7.52. The minimum Gasteiger partial charge on any atom is -0.282 e. The molecule has 1 heterocycles. The van der Waals surface area contributed by atoms with Crippen LogP contribution in [0.25, 0.3) is 10.8 Å². The molecule has 0 bridgehead atoms. The van der Waals surface area contributed by atoms with Gasteiger partial charge in [-0.3, -0.25) is 15.4 Å². The van der Waals surface area contributed by atoms with Crippen molar-refractivity contribution in [2.45, 2.75) is 4.90 Å². The summed E-state index contributed by atoms with van der Waals surface area (Å²) in [4.78, 5) is -0.176. The van der Waals surface area contributed by atoms with Crippen LogP contribution < -0.4 is 10.9 Å². The van der Waals surface area contributed by atoms with Gasteiger partial charge in [0.05, 0.1) is 16.8 Å². The predicted octanol–water partition coefficient (Wildman–Crippen LogP) is 1.83. The van der Waals surface area contributed by atoms with Crippen molar-refractivity contribution in [3.05, 3.63) is 48.7 Å². The molecule has 1 aliphatic rings. The second kappa shape index (κ2) is 5.28. The van der Waals surface area contributed by atoms with Crippen molar-refractivity contribution in [1.29, 1.82) is 0 Å². The predicted molar refractivity (Wildman–Crippen MR) is 78.7 cm³/mol. The van der Waals surface area contributed by atoms with Gasteiger partial charge in [-0.25, -0.2) is 0 Å². The Bertz CT molecular complexity index is 895. The summed E-state index contributed by atoms with van der Waals surface area (Å²) >= 11 is 0. The summed E-state index contributed by atoms with van der Waals surface area (Å²) in [5.41, 5.74) is 5.94. The second-order valence-electron chi connectivity index (χ2n) is 4.45. The number of anilines is 1. The zero-order chi connectivity index (χ0) is 15.7. The molecule has 1 aliphatic heterocycles. The van der Waals surface area contributed by atoms with Crippen LogP contribution in [0.3, 0.4) is 0 Å². The third-order valence-electron chi connectivity index (χ3n) is 2.90. The fourth-order valence-electron chi connectivity index (χ4n) is 1.93. The van der Waals surface area contributed by atoms with Crippen LogP contribution in [-0.4, -0.2) is 24.2 Å². The van der Waals surface area contributed by atoms with E-state index in [1.165, 1.54) is 12.1 Å². The molecule has 0 fully saturated rings. The molecular weight excluding hydrogens is 311 g/mol. The molecule has 1 radical (unpaired) electrons. The van der Waals surface area contributed by atoms with Crippen LogP contribution in [0.2, 0.25) is 0 Å². The average molecular weight is 321 g/mol. The summed E-state index contributed by atoms with van der Waals surface area (Å²) < 4.78 is 44.2. The van der Waals surface area contributed by atoms with Gasteiger partial charge in [0.1, 0.15) is 0 Å². The number of halogens is 1. The quantitative estimate of drug-likeness (QED) is 0.747. The van der Waals surface area contributed by atoms with E-state index >= 15 is 0 Å². The number of nitrogens with one attached hydrogen (secondary N) is 2. The molecule has 0 saturated heterocycles. The minimum absolute atomic E-state index is 0.176. The third kappa shape index (κ3) is 3.00. The van der Waals surface area contributed by atoms with Gasteiger partial charge in [-0.2, -0.15) is 12.8 Å². The number of hydrazine groups is 2. The smallest absolute Gasteiger partial charge is 0.282 e. The Kier molecular flexibility index (Phi) is 3.43. The van der Waals surface area contributed by atoms with Gasteiger partial charge in [-0.15, -0.1) is 10.3 Å². The Morgan fingerprint density at radius 3 is 2.68 bits per heavy atom. The third-order valence-corrected chi connectivity index (χ3v) is 3.75. The molecule has 0 spiro atoms. The van der Waals surface area contributed by atoms with Gasteiger partial charge in [-0.05, 0) is 35.0 Å². The molecule has 0 saturated carbocycles. The summed E-state index contributed by atoms with van der Waals surface area (Å²) in [6.07, 6.45) is 3.51. The number of allylic oxidation sites excluding steroid dienone is 1. The van der Waals surface area contributed by atoms with Crippen LogP contribution in [0, 0.1) is 6.20 Å². The standard InChI is InChI=1S/C13H10FN4O3S/c14-13-5-6-15-18(17-13)16-11-3-1-10-8-12(22(19,20)21)4-2-9(10)7-11/h1-5,7-8,15-16H,(H,19,20,21). The molecule has 3 rings (SSSR count). The van der Waals surface area contributed by atoms with Crippen molar-refractivity contribution < 1.29 is 17.4 Å². The van der Waals surface area contributed by atoms with Crippen molar-refractivity contribution in [2.75, 3.05) is 5.43 Å². The highest BCUT2D eigenvalue weighted by atomic mass is 32.2. The molecule has 113 valence electrons. The summed E-state index contributed by atoms with van der Waals surface area (Å²) in [7, 11) is -4.24. The van der Waals surface area contributed by atoms with Crippen LogP contribution in [0.5, 0.6) is 0 Å². The summed E-state index contributed by atoms with van der Waals surface area (Å²) in [6.45, 7) is 0. The molecule has 9 heteroatoms. The van der Waals surface area contributed by atoms with E-state index in [0.29, 0.717) is 11.1 Å². The molecule has 2 aromatic carbocycles. The van der Waals surface area contributed by atoms with Crippen molar-refractivity contribution in [3.63, 3.8) is 0 Å². The molecule has 7 nitrogen and oxygen atoms in total. The van der Waals surface area contributed by atoms with E-state index in [4.69, 9.17) is 4.55 Å². The highest BCUT2D eigenvalue weighted by Crippen LogP contribution is 2.23. The number of hydrogen-bond acceptors (Lipinski definition) is 6. The molecule has 0 aliphatic carbocycles. The zero-order valence-corrected chi connectivity index (χ0v) is 11.8. The molecule has 0 atom stereocenters. The molecule has 0 aromatic heterocycles. The van der Waals surface area contributed by atoms with Crippen molar-refractivity contribution in [2.24, 2.45) is 5.10 Å². The van der Waals surface area contributed by atoms with Gasteiger partial charge in [0.2, 0.25) is 5.97 Å². The highest BCUT2D eigenvalue weighted by Gasteiger charge is 2.11. The molecule has 22 heavy (non-hydrogen) atoms. The number of rotatable bonds is 3. The summed E-state index contributed by atoms with van der Waals surface area (Å²) in [6, 6.07) is 9.26. The Labute approximate surface area is 125 Å². The maximum absolute atomic E-state index is 13.0. The van der Waals surface area contributed by atoms with Crippen molar-refractivity contribution >= 4 is 32.5 Å². The van der Waals surface area contributed by atoms with Gasteiger partial charge in [0, 0.05) is 6.08 Å². The van der Waals surface area contributed by atoms with Crippen LogP contribution in [0.1, 0.15) is 0 Å². The number of fused-ring (bicyclic) bond motifs is 1. The van der Waals surface area contributed by atoms with E-state index < -0.39 is 16.1 Å². The minimum atomic E-state index is -4.24. The van der Waals surface area contributed by atoms with Crippen LogP contribution in [0.4, 0.5) is 10.1 Å². The lowest BCUT2D eigenvalue weighted by atomic mass is 10.1. The van der Waals surface area contributed by atoms with E-state index in [1.54, 1.807) is 24.3 Å². The van der Waals surface area contributed by atoms with Crippen LogP contribution >= 0.6 is 0 Å². The monoisotopic (exact) mass is 321 g/mol. The first-order chi connectivity index (χ1) is 10.4. The van der Waals surface area contributed by atoms with Gasteiger partial charge in [-0.1, -0.05) is 12.1 Å². The van der Waals surface area contributed by atoms with E-state index in [1.807, 2.05) is 0 Å². The average Bonchev–Trinajstić information content (AvgIpc) is 2.45. The van der Waals surface area contributed by atoms with E-state index in [0.717, 1.165) is 16.7 Å². The normalized spacial score (nSPS) is 14.6. The van der Waals surface area contributed by atoms with Gasteiger partial charge >= 0.3 is 0 Å². The zero-order valence-electron chi connectivity index (χ0n) is 11.0. The van der Waals surface area contributed by atoms with Crippen molar-refractivity contribution in [1.82, 2.24) is 10.7 Å². The van der Waals surface area contributed by atoms with Gasteiger partial charge < -0.3 is 0 Å². The topological polar surface area (TPSA) is 94.0 Å². The maximum atomic E-state index is 13.0. The first kappa shape index (κ1) is 14.3. The van der Waals surface area contributed by atoms with Gasteiger partial charge in [0.15, 0.2) is 0 Å². The Balaban J connectivity index is 1.89. The summed E-state index contributed by atoms with van der Waals surface area (Å²) in [5.74, 6) is -0.704. The van der Waals surface area contributed by atoms with Crippen LogP contribution in [0.15, 0.2) is 52.5 Å². The number of nitrogens with zero attached hydrogens (tertiary/aromatic N) is 2. The van der Waals surface area contributed by atoms with Gasteiger partial charge in [0.25, 0.3) is 10.1 Å². The lowest BCUT2D eigenvalue weighted by Crippen LogP contribution is -2.37.